The lowest BCUT2D eigenvalue weighted by Crippen LogP contribution is -2.49. The number of nitrogen functional groups attached to an aromatic ring is 1. The Labute approximate surface area is 274 Å². The summed E-state index contributed by atoms with van der Waals surface area (Å²) in [5, 5.41) is 9.36. The largest absolute Gasteiger partial charge is 0.417 e. The van der Waals surface area contributed by atoms with Crippen molar-refractivity contribution in [1.82, 2.24) is 40.8 Å². The molecule has 0 aliphatic carbocycles. The summed E-state index contributed by atoms with van der Waals surface area (Å²) in [7, 11) is 0. The highest BCUT2D eigenvalue weighted by atomic mass is 32.2. The minimum atomic E-state index is -4.68. The van der Waals surface area contributed by atoms with E-state index in [1.807, 2.05) is 21.6 Å². The van der Waals surface area contributed by atoms with E-state index < -0.39 is 11.7 Å². The maximum atomic E-state index is 14.0. The van der Waals surface area contributed by atoms with Crippen molar-refractivity contribution < 1.29 is 27.5 Å². The molecule has 5 N–H and O–H groups in total. The van der Waals surface area contributed by atoms with Gasteiger partial charge in [-0.3, -0.25) is 9.69 Å². The summed E-state index contributed by atoms with van der Waals surface area (Å²) < 4.78 is 47.3. The molecule has 0 unspecified atom stereocenters. The average molecular weight is 680 g/mol. The van der Waals surface area contributed by atoms with Gasteiger partial charge in [0.15, 0.2) is 5.82 Å². The number of hydrogen-bond acceptors (Lipinski definition) is 12. The molecule has 3 atom stereocenters. The average Bonchev–Trinajstić information content (AvgIpc) is 3.62. The third-order valence-corrected chi connectivity index (χ3v) is 10.4. The number of pyridine rings is 1. The number of nitrogens with zero attached hydrogens (tertiary/aromatic N) is 7. The van der Waals surface area contributed by atoms with Crippen molar-refractivity contribution in [2.24, 2.45) is 0 Å². The second-order valence-corrected chi connectivity index (χ2v) is 13.3. The second-order valence-electron chi connectivity index (χ2n) is 12.1. The third kappa shape index (κ3) is 8.27. The van der Waals surface area contributed by atoms with Crippen LogP contribution in [-0.4, -0.2) is 125 Å². The highest BCUT2D eigenvalue weighted by Gasteiger charge is 2.42. The molecule has 2 aromatic rings. The summed E-state index contributed by atoms with van der Waals surface area (Å²) in [5.41, 5.74) is 4.38. The van der Waals surface area contributed by atoms with Crippen LogP contribution in [0.15, 0.2) is 12.3 Å². The fourth-order valence-electron chi connectivity index (χ4n) is 6.29. The number of anilines is 3. The van der Waals surface area contributed by atoms with Crippen molar-refractivity contribution in [2.75, 3.05) is 86.9 Å². The van der Waals surface area contributed by atoms with Crippen molar-refractivity contribution in [3.63, 3.8) is 0 Å². The predicted octanol–water partition coefficient (Wildman–Crippen LogP) is 1.34. The highest BCUT2D eigenvalue weighted by molar-refractivity contribution is 8.00. The Balaban J connectivity index is 0.997. The molecule has 0 radical (unpaired) electrons. The van der Waals surface area contributed by atoms with E-state index in [1.54, 1.807) is 0 Å². The van der Waals surface area contributed by atoms with Gasteiger partial charge in [-0.05, 0) is 18.9 Å². The Morgan fingerprint density at radius 2 is 1.77 bits per heavy atom. The summed E-state index contributed by atoms with van der Waals surface area (Å²) in [6, 6.07) is 1.11. The standard InChI is InChI=1S/C29H40F3N11O3S/c30-29(31,32)19-15-22(33)35-16-18(19)25-38-26(40-27(39-25)43-11-13-46-14-12-43)42-9-7-41(8-10-42)6-5-34-23(44)4-2-1-3-21-24-20(17-47-21)36-28(45)37-24/h15-16,20-21,24H,1-14,17H2,(H2,33,35)(H,34,44)(H2,36,37,45)/t20-,21-,24-/m0/s1. The molecule has 256 valence electrons. The minimum Gasteiger partial charge on any atom is -0.384 e. The summed E-state index contributed by atoms with van der Waals surface area (Å²) >= 11 is 1.88. The Morgan fingerprint density at radius 1 is 1.04 bits per heavy atom. The van der Waals surface area contributed by atoms with Gasteiger partial charge >= 0.3 is 12.2 Å². The molecule has 0 spiro atoms. The van der Waals surface area contributed by atoms with Gasteiger partial charge in [0.1, 0.15) is 5.82 Å². The van der Waals surface area contributed by atoms with Gasteiger partial charge in [-0.2, -0.15) is 39.9 Å². The van der Waals surface area contributed by atoms with Gasteiger partial charge in [-0.1, -0.05) is 6.42 Å². The molecule has 2 aromatic heterocycles. The Morgan fingerprint density at radius 3 is 2.49 bits per heavy atom. The van der Waals surface area contributed by atoms with Gasteiger partial charge in [0.2, 0.25) is 17.8 Å². The first-order valence-corrected chi connectivity index (χ1v) is 17.0. The lowest BCUT2D eigenvalue weighted by Gasteiger charge is -2.35. The Kier molecular flexibility index (Phi) is 10.4. The first-order chi connectivity index (χ1) is 22.6. The van der Waals surface area contributed by atoms with Gasteiger partial charge in [-0.25, -0.2) is 9.78 Å². The number of urea groups is 1. The van der Waals surface area contributed by atoms with E-state index in [2.05, 4.69) is 40.8 Å². The molecule has 3 amide bonds. The van der Waals surface area contributed by atoms with Crippen LogP contribution in [0, 0.1) is 0 Å². The van der Waals surface area contributed by atoms with Gasteiger partial charge in [0.05, 0.1) is 36.4 Å². The topological polar surface area (TPSA) is 167 Å². The van der Waals surface area contributed by atoms with Crippen LogP contribution in [-0.2, 0) is 15.7 Å². The number of rotatable bonds is 11. The predicted molar refractivity (Wildman–Crippen MR) is 171 cm³/mol. The second kappa shape index (κ2) is 14.6. The molecule has 4 saturated heterocycles. The van der Waals surface area contributed by atoms with E-state index >= 15 is 0 Å². The monoisotopic (exact) mass is 679 g/mol. The fourth-order valence-corrected chi connectivity index (χ4v) is 7.84. The first-order valence-electron chi connectivity index (χ1n) is 16.0. The number of nitrogens with two attached hydrogens (primary N) is 1. The lowest BCUT2D eigenvalue weighted by molar-refractivity contribution is -0.137. The van der Waals surface area contributed by atoms with E-state index in [1.165, 1.54) is 0 Å². The number of unbranched alkanes of at least 4 members (excludes halogenated alkanes) is 1. The quantitative estimate of drug-likeness (QED) is 0.199. The normalized spacial score (nSPS) is 23.4. The van der Waals surface area contributed by atoms with Crippen molar-refractivity contribution in [2.45, 2.75) is 49.2 Å². The van der Waals surface area contributed by atoms with Crippen molar-refractivity contribution >= 4 is 41.4 Å². The zero-order chi connectivity index (χ0) is 33.0. The molecule has 4 fully saturated rings. The van der Waals surface area contributed by atoms with Gasteiger partial charge in [0.25, 0.3) is 0 Å². The number of hydrogen-bond donors (Lipinski definition) is 4. The zero-order valence-electron chi connectivity index (χ0n) is 26.0. The number of aromatic nitrogens is 4. The van der Waals surface area contributed by atoms with Gasteiger partial charge in [-0.15, -0.1) is 0 Å². The van der Waals surface area contributed by atoms with E-state index in [0.717, 1.165) is 37.3 Å². The van der Waals surface area contributed by atoms with Crippen LogP contribution >= 0.6 is 11.8 Å². The summed E-state index contributed by atoms with van der Waals surface area (Å²) in [6.07, 6.45) is -0.434. The van der Waals surface area contributed by atoms with Crippen LogP contribution in [0.3, 0.4) is 0 Å². The molecule has 6 rings (SSSR count). The molecule has 0 bridgehead atoms. The third-order valence-electron chi connectivity index (χ3n) is 8.86. The molecule has 4 aliphatic heterocycles. The molecule has 18 heteroatoms. The minimum absolute atomic E-state index is 0.0279. The highest BCUT2D eigenvalue weighted by Crippen LogP contribution is 2.37. The molecule has 0 aromatic carbocycles. The number of alkyl halides is 3. The summed E-state index contributed by atoms with van der Waals surface area (Å²) in [4.78, 5) is 47.5. The van der Waals surface area contributed by atoms with Crippen LogP contribution in [0.5, 0.6) is 0 Å². The maximum absolute atomic E-state index is 14.0. The van der Waals surface area contributed by atoms with Crippen molar-refractivity contribution in [3.8, 4) is 11.4 Å². The number of thioether (sulfide) groups is 1. The van der Waals surface area contributed by atoms with Crippen LogP contribution in [0.25, 0.3) is 11.4 Å². The summed E-state index contributed by atoms with van der Waals surface area (Å²) in [6.45, 7) is 5.61. The molecule has 4 aliphatic rings. The summed E-state index contributed by atoms with van der Waals surface area (Å²) in [5.74, 6) is 1.19. The first kappa shape index (κ1) is 33.3. The van der Waals surface area contributed by atoms with Crippen molar-refractivity contribution in [1.29, 1.82) is 0 Å². The molecule has 47 heavy (non-hydrogen) atoms. The smallest absolute Gasteiger partial charge is 0.384 e. The number of piperazine rings is 1. The number of carbonyl (C=O) groups is 2. The van der Waals surface area contributed by atoms with E-state index in [9.17, 15) is 22.8 Å². The lowest BCUT2D eigenvalue weighted by atomic mass is 10.0. The fraction of sp³-hybridized carbons (Fsp3) is 0.655. The van der Waals surface area contributed by atoms with Crippen molar-refractivity contribution in [3.05, 3.63) is 17.8 Å². The van der Waals surface area contributed by atoms with Crippen LogP contribution < -0.4 is 31.5 Å². The number of nitrogens with one attached hydrogen (secondary N) is 3. The number of carbonyl (C=O) groups excluding carboxylic acids is 2. The van der Waals surface area contributed by atoms with Crippen LogP contribution in [0.2, 0.25) is 0 Å². The number of ether oxygens (including phenoxy) is 1. The Bertz CT molecular complexity index is 1420. The molecular weight excluding hydrogens is 639 g/mol. The van der Waals surface area contributed by atoms with Gasteiger partial charge in [0, 0.05) is 76.0 Å². The number of fused-ring (bicyclic) bond motifs is 1. The molecule has 14 nitrogen and oxygen atoms in total. The zero-order valence-corrected chi connectivity index (χ0v) is 26.8. The number of halogens is 3. The number of amides is 3. The molecular formula is C29H40F3N11O3S. The maximum Gasteiger partial charge on any atom is 0.417 e. The SMILES string of the molecule is Nc1cc(C(F)(F)F)c(-c2nc(N3CCOCC3)nc(N3CCN(CCNC(=O)CCCC[C@@H]4SC[C@@H]5NC(=O)N[C@@H]54)CC3)n2)cn1. The molecule has 0 saturated carbocycles. The Hall–Kier alpha value is -3.64. The van der Waals surface area contributed by atoms with E-state index in [0.29, 0.717) is 83.2 Å². The number of morpholine rings is 1. The van der Waals surface area contributed by atoms with Gasteiger partial charge < -0.3 is 36.2 Å². The van der Waals surface area contributed by atoms with Crippen LogP contribution in [0.4, 0.5) is 35.7 Å². The van der Waals surface area contributed by atoms with E-state index in [4.69, 9.17) is 10.5 Å². The van der Waals surface area contributed by atoms with E-state index in [-0.39, 0.29) is 47.2 Å². The van der Waals surface area contributed by atoms with Crippen LogP contribution in [0.1, 0.15) is 31.2 Å². The molecule has 6 heterocycles.